The highest BCUT2D eigenvalue weighted by Crippen LogP contribution is 2.30. The van der Waals surface area contributed by atoms with Crippen molar-refractivity contribution < 1.29 is 23.1 Å². The molecule has 15 heavy (non-hydrogen) atoms. The molecule has 1 aliphatic rings. The van der Waals surface area contributed by atoms with Crippen LogP contribution in [0, 0.1) is 5.41 Å². The molecular formula is C7H14N2O5S. The third-order valence-electron chi connectivity index (χ3n) is 2.52. The van der Waals surface area contributed by atoms with Gasteiger partial charge in [-0.05, 0) is 12.8 Å². The maximum atomic E-state index is 11.1. The molecule has 0 atom stereocenters. The average molecular weight is 238 g/mol. The highest BCUT2D eigenvalue weighted by molar-refractivity contribution is 7.87. The molecule has 0 radical (unpaired) electrons. The number of aliphatic carboxylic acids is 1. The summed E-state index contributed by atoms with van der Waals surface area (Å²) in [5.74, 6) is -1.03. The standard InChI is InChI=1S/C7H14N2O5S/c8-15(12,13)9-5-7(6(10)11)1-3-14-4-2-7/h9H,1-5H2,(H,10,11)(H2,8,12,13). The van der Waals surface area contributed by atoms with Gasteiger partial charge in [0.15, 0.2) is 0 Å². The fourth-order valence-corrected chi connectivity index (χ4v) is 1.94. The first-order valence-electron chi connectivity index (χ1n) is 4.44. The molecule has 0 spiro atoms. The van der Waals surface area contributed by atoms with E-state index in [9.17, 15) is 13.2 Å². The zero-order valence-electron chi connectivity index (χ0n) is 8.10. The lowest BCUT2D eigenvalue weighted by molar-refractivity contribution is -0.154. The van der Waals surface area contributed by atoms with Crippen LogP contribution in [0.15, 0.2) is 0 Å². The Kier molecular flexibility index (Phi) is 3.66. The van der Waals surface area contributed by atoms with Crippen LogP contribution in [-0.2, 0) is 19.7 Å². The van der Waals surface area contributed by atoms with Crippen molar-refractivity contribution in [2.45, 2.75) is 12.8 Å². The van der Waals surface area contributed by atoms with Gasteiger partial charge in [0.1, 0.15) is 0 Å². The summed E-state index contributed by atoms with van der Waals surface area (Å²) in [4.78, 5) is 11.1. The van der Waals surface area contributed by atoms with E-state index in [1.165, 1.54) is 0 Å². The van der Waals surface area contributed by atoms with Gasteiger partial charge < -0.3 is 9.84 Å². The normalized spacial score (nSPS) is 21.1. The van der Waals surface area contributed by atoms with Gasteiger partial charge in [0, 0.05) is 19.8 Å². The number of carboxylic acid groups (broad SMARTS) is 1. The second-order valence-electron chi connectivity index (χ2n) is 3.56. The SMILES string of the molecule is NS(=O)(=O)NCC1(C(=O)O)CCOCC1. The topological polar surface area (TPSA) is 119 Å². The second-order valence-corrected chi connectivity index (χ2v) is 4.94. The number of hydrogen-bond acceptors (Lipinski definition) is 4. The quantitative estimate of drug-likeness (QED) is 0.560. The minimum atomic E-state index is -3.85. The Labute approximate surface area is 87.8 Å². The fraction of sp³-hybridized carbons (Fsp3) is 0.857. The van der Waals surface area contributed by atoms with Gasteiger partial charge in [-0.15, -0.1) is 0 Å². The lowest BCUT2D eigenvalue weighted by atomic mass is 9.80. The van der Waals surface area contributed by atoms with Gasteiger partial charge in [0.05, 0.1) is 5.41 Å². The predicted octanol–water partition coefficient (Wildman–Crippen LogP) is -1.34. The molecule has 0 unspecified atom stereocenters. The number of rotatable bonds is 4. The number of carboxylic acids is 1. The molecule has 1 aliphatic heterocycles. The molecule has 1 saturated heterocycles. The van der Waals surface area contributed by atoms with E-state index >= 15 is 0 Å². The predicted molar refractivity (Wildman–Crippen MR) is 51.2 cm³/mol. The van der Waals surface area contributed by atoms with Crippen LogP contribution in [0.5, 0.6) is 0 Å². The monoisotopic (exact) mass is 238 g/mol. The second kappa shape index (κ2) is 4.44. The van der Waals surface area contributed by atoms with E-state index in [1.807, 2.05) is 4.72 Å². The molecule has 0 amide bonds. The third-order valence-corrected chi connectivity index (χ3v) is 3.06. The molecule has 88 valence electrons. The van der Waals surface area contributed by atoms with E-state index in [0.717, 1.165) is 0 Å². The van der Waals surface area contributed by atoms with E-state index in [-0.39, 0.29) is 19.4 Å². The summed E-state index contributed by atoms with van der Waals surface area (Å²) < 4.78 is 28.4. The molecule has 4 N–H and O–H groups in total. The highest BCUT2D eigenvalue weighted by atomic mass is 32.2. The van der Waals surface area contributed by atoms with Crippen LogP contribution in [0.25, 0.3) is 0 Å². The van der Waals surface area contributed by atoms with Crippen LogP contribution in [0.3, 0.4) is 0 Å². The van der Waals surface area contributed by atoms with Crippen molar-refractivity contribution in [1.29, 1.82) is 0 Å². The summed E-state index contributed by atoms with van der Waals surface area (Å²) in [6.45, 7) is 0.446. The molecule has 0 aliphatic carbocycles. The van der Waals surface area contributed by atoms with Crippen LogP contribution in [0.4, 0.5) is 0 Å². The van der Waals surface area contributed by atoms with Crippen molar-refractivity contribution in [1.82, 2.24) is 4.72 Å². The first-order valence-corrected chi connectivity index (χ1v) is 5.99. The Balaban J connectivity index is 2.69. The lowest BCUT2D eigenvalue weighted by Gasteiger charge is -2.32. The molecule has 0 aromatic rings. The molecule has 1 fully saturated rings. The van der Waals surface area contributed by atoms with Crippen LogP contribution in [-0.4, -0.2) is 39.3 Å². The molecule has 0 aromatic heterocycles. The van der Waals surface area contributed by atoms with Gasteiger partial charge in [-0.2, -0.15) is 8.42 Å². The van der Waals surface area contributed by atoms with Gasteiger partial charge in [0.2, 0.25) is 0 Å². The zero-order valence-corrected chi connectivity index (χ0v) is 8.92. The Hall–Kier alpha value is -0.700. The smallest absolute Gasteiger partial charge is 0.311 e. The molecule has 8 heteroatoms. The lowest BCUT2D eigenvalue weighted by Crippen LogP contribution is -2.47. The summed E-state index contributed by atoms with van der Waals surface area (Å²) in [6.07, 6.45) is 0.565. The highest BCUT2D eigenvalue weighted by Gasteiger charge is 2.40. The van der Waals surface area contributed by atoms with E-state index in [1.54, 1.807) is 0 Å². The Morgan fingerprint density at radius 1 is 1.47 bits per heavy atom. The average Bonchev–Trinajstić information content (AvgIpc) is 2.15. The third kappa shape index (κ3) is 3.42. The summed E-state index contributed by atoms with van der Waals surface area (Å²) >= 11 is 0. The molecule has 0 bridgehead atoms. The number of nitrogens with two attached hydrogens (primary N) is 1. The Morgan fingerprint density at radius 2 is 2.00 bits per heavy atom. The summed E-state index contributed by atoms with van der Waals surface area (Å²) in [7, 11) is -3.85. The molecule has 7 nitrogen and oxygen atoms in total. The van der Waals surface area contributed by atoms with E-state index in [4.69, 9.17) is 15.0 Å². The van der Waals surface area contributed by atoms with E-state index in [2.05, 4.69) is 0 Å². The number of nitrogens with one attached hydrogen (secondary N) is 1. The van der Waals surface area contributed by atoms with Gasteiger partial charge in [0.25, 0.3) is 10.2 Å². The molecule has 0 saturated carbocycles. The summed E-state index contributed by atoms with van der Waals surface area (Å²) in [5, 5.41) is 13.8. The fourth-order valence-electron chi connectivity index (χ4n) is 1.47. The summed E-state index contributed by atoms with van der Waals surface area (Å²) in [6, 6.07) is 0. The molecular weight excluding hydrogens is 224 g/mol. The number of hydrogen-bond donors (Lipinski definition) is 3. The summed E-state index contributed by atoms with van der Waals surface area (Å²) in [5.41, 5.74) is -1.09. The van der Waals surface area contributed by atoms with Crippen molar-refractivity contribution in [2.75, 3.05) is 19.8 Å². The Morgan fingerprint density at radius 3 is 2.40 bits per heavy atom. The minimum absolute atomic E-state index is 0.190. The Bertz CT molecular complexity index is 333. The van der Waals surface area contributed by atoms with Crippen molar-refractivity contribution in [2.24, 2.45) is 10.6 Å². The van der Waals surface area contributed by atoms with Crippen molar-refractivity contribution >= 4 is 16.2 Å². The number of carbonyl (C=O) groups is 1. The molecule has 1 heterocycles. The minimum Gasteiger partial charge on any atom is -0.481 e. The van der Waals surface area contributed by atoms with Gasteiger partial charge in [-0.25, -0.2) is 9.86 Å². The van der Waals surface area contributed by atoms with Gasteiger partial charge in [-0.1, -0.05) is 0 Å². The molecule has 1 rings (SSSR count). The van der Waals surface area contributed by atoms with Crippen molar-refractivity contribution in [3.8, 4) is 0 Å². The first kappa shape index (κ1) is 12.4. The first-order chi connectivity index (χ1) is 6.86. The van der Waals surface area contributed by atoms with Crippen molar-refractivity contribution in [3.05, 3.63) is 0 Å². The number of ether oxygens (including phenoxy) is 1. The van der Waals surface area contributed by atoms with Crippen LogP contribution in [0.1, 0.15) is 12.8 Å². The van der Waals surface area contributed by atoms with Crippen LogP contribution < -0.4 is 9.86 Å². The van der Waals surface area contributed by atoms with Gasteiger partial charge in [-0.3, -0.25) is 4.79 Å². The van der Waals surface area contributed by atoms with Crippen LogP contribution >= 0.6 is 0 Å². The maximum Gasteiger partial charge on any atom is 0.311 e. The molecule has 0 aromatic carbocycles. The van der Waals surface area contributed by atoms with Crippen molar-refractivity contribution in [3.63, 3.8) is 0 Å². The van der Waals surface area contributed by atoms with Gasteiger partial charge >= 0.3 is 5.97 Å². The van der Waals surface area contributed by atoms with E-state index in [0.29, 0.717) is 13.2 Å². The van der Waals surface area contributed by atoms with Crippen LogP contribution in [0.2, 0.25) is 0 Å². The largest absolute Gasteiger partial charge is 0.481 e. The van der Waals surface area contributed by atoms with E-state index < -0.39 is 21.6 Å². The maximum absolute atomic E-state index is 11.1. The zero-order chi connectivity index (χ0) is 11.5.